The summed E-state index contributed by atoms with van der Waals surface area (Å²) in [4.78, 5) is 25.6. The molecule has 0 unspecified atom stereocenters. The molecule has 0 heterocycles. The van der Waals surface area contributed by atoms with Crippen LogP contribution in [0.2, 0.25) is 0 Å². The minimum atomic E-state index is -5.39. The van der Waals surface area contributed by atoms with Gasteiger partial charge in [-0.1, -0.05) is 0 Å². The van der Waals surface area contributed by atoms with E-state index in [2.05, 4.69) is 0 Å². The van der Waals surface area contributed by atoms with Crippen LogP contribution < -0.4 is 14.7 Å². The summed E-state index contributed by atoms with van der Waals surface area (Å²) in [6, 6.07) is 0. The Bertz CT molecular complexity index is 57.8. The zero-order valence-electron chi connectivity index (χ0n) is 2.76. The van der Waals surface area contributed by atoms with E-state index >= 15 is 0 Å². The maximum absolute atomic E-state index is 8.55. The van der Waals surface area contributed by atoms with Crippen molar-refractivity contribution in [2.75, 3.05) is 0 Å². The molecule has 46 valence electrons. The molecular formula is CuMnO4P+. The Morgan fingerprint density at radius 3 is 1.14 bits per heavy atom. The molecule has 0 N–H and O–H groups in total. The fourth-order valence-corrected chi connectivity index (χ4v) is 0. The molecule has 0 aliphatic heterocycles. The molecule has 0 fully saturated rings. The summed E-state index contributed by atoms with van der Waals surface area (Å²) in [5.41, 5.74) is 0. The van der Waals surface area contributed by atoms with Crippen LogP contribution in [-0.2, 0) is 38.7 Å². The molecule has 0 aromatic carbocycles. The smallest absolute Gasteiger partial charge is 0.822 e. The van der Waals surface area contributed by atoms with E-state index in [9.17, 15) is 0 Å². The third-order valence-corrected chi connectivity index (χ3v) is 0. The second-order valence-electron chi connectivity index (χ2n) is 0.447. The van der Waals surface area contributed by atoms with Gasteiger partial charge in [0.25, 0.3) is 0 Å². The molecule has 7 heteroatoms. The molecule has 0 saturated carbocycles. The first-order valence-electron chi connectivity index (χ1n) is 0.730. The maximum Gasteiger partial charge on any atom is 2.00 e. The first-order valence-corrected chi connectivity index (χ1v) is 2.19. The van der Waals surface area contributed by atoms with Gasteiger partial charge in [-0.15, -0.1) is 0 Å². The van der Waals surface area contributed by atoms with Crippen LogP contribution in [0.5, 0.6) is 0 Å². The summed E-state index contributed by atoms with van der Waals surface area (Å²) in [7, 11) is -5.39. The van der Waals surface area contributed by atoms with Crippen molar-refractivity contribution in [3.8, 4) is 0 Å². The van der Waals surface area contributed by atoms with Gasteiger partial charge in [-0.25, -0.2) is 0 Å². The molecule has 2 radical (unpaired) electrons. The monoisotopic (exact) mass is 213 g/mol. The second-order valence-corrected chi connectivity index (χ2v) is 1.34. The van der Waals surface area contributed by atoms with E-state index in [0.717, 1.165) is 0 Å². The van der Waals surface area contributed by atoms with Crippen LogP contribution in [0.3, 0.4) is 0 Å². The molecule has 0 aliphatic carbocycles. The zero-order chi connectivity index (χ0) is 4.50. The Balaban J connectivity index is -0.0000000800. The molecule has 0 amide bonds. The Morgan fingerprint density at radius 1 is 1.14 bits per heavy atom. The van der Waals surface area contributed by atoms with E-state index in [-0.39, 0.29) is 34.1 Å². The van der Waals surface area contributed by atoms with Crippen molar-refractivity contribution in [3.05, 3.63) is 0 Å². The van der Waals surface area contributed by atoms with Crippen LogP contribution in [0.1, 0.15) is 0 Å². The van der Waals surface area contributed by atoms with Crippen molar-refractivity contribution < 1.29 is 53.4 Å². The summed E-state index contributed by atoms with van der Waals surface area (Å²) in [6.07, 6.45) is 0. The SMILES string of the molecule is O=P([O-])([O-])[O-].[Cu+2].[Mn+2]. The Morgan fingerprint density at radius 2 is 1.14 bits per heavy atom. The third-order valence-electron chi connectivity index (χ3n) is 0. The molecule has 0 spiro atoms. The quantitative estimate of drug-likeness (QED) is 0.321. The third kappa shape index (κ3) is 144. The molecule has 0 rings (SSSR count). The molecule has 0 aromatic rings. The molecule has 0 bridgehead atoms. The van der Waals surface area contributed by atoms with E-state index in [1.165, 1.54) is 0 Å². The molecule has 0 atom stereocenters. The van der Waals surface area contributed by atoms with Gasteiger partial charge in [0.15, 0.2) is 0 Å². The van der Waals surface area contributed by atoms with E-state index in [1.807, 2.05) is 0 Å². The summed E-state index contributed by atoms with van der Waals surface area (Å²) in [6.45, 7) is 0. The summed E-state index contributed by atoms with van der Waals surface area (Å²) in [5.74, 6) is 0. The van der Waals surface area contributed by atoms with Gasteiger partial charge in [0.2, 0.25) is 0 Å². The van der Waals surface area contributed by atoms with Crippen LogP contribution in [0.15, 0.2) is 0 Å². The first kappa shape index (κ1) is 15.7. The zero-order valence-corrected chi connectivity index (χ0v) is 5.78. The van der Waals surface area contributed by atoms with Crippen molar-refractivity contribution >= 4 is 7.82 Å². The van der Waals surface area contributed by atoms with Crippen molar-refractivity contribution in [1.82, 2.24) is 0 Å². The number of hydrogen-bond acceptors (Lipinski definition) is 4. The number of phosphoric acid groups is 1. The maximum atomic E-state index is 8.55. The van der Waals surface area contributed by atoms with Gasteiger partial charge < -0.3 is 19.2 Å². The predicted molar refractivity (Wildman–Crippen MR) is 7.61 cm³/mol. The fraction of sp³-hybridized carbons (Fsp3) is 0. The average Bonchev–Trinajstić information content (AvgIpc) is 0.722. The van der Waals surface area contributed by atoms with Crippen molar-refractivity contribution in [2.24, 2.45) is 0 Å². The summed E-state index contributed by atoms with van der Waals surface area (Å²) >= 11 is 0. The van der Waals surface area contributed by atoms with E-state index < -0.39 is 7.82 Å². The van der Waals surface area contributed by atoms with Crippen LogP contribution in [0.4, 0.5) is 0 Å². The van der Waals surface area contributed by atoms with Crippen LogP contribution in [0.25, 0.3) is 0 Å². The summed E-state index contributed by atoms with van der Waals surface area (Å²) in [5, 5.41) is 0. The molecule has 0 saturated heterocycles. The summed E-state index contributed by atoms with van der Waals surface area (Å²) < 4.78 is 8.55. The van der Waals surface area contributed by atoms with Gasteiger partial charge in [0, 0.05) is 0 Å². The van der Waals surface area contributed by atoms with Gasteiger partial charge in [-0.05, 0) is 0 Å². The normalized spacial score (nSPS) is 8.43. The Hall–Kier alpha value is 1.15. The predicted octanol–water partition coefficient (Wildman–Crippen LogP) is -2.83. The van der Waals surface area contributed by atoms with Gasteiger partial charge in [0.1, 0.15) is 0 Å². The topological polar surface area (TPSA) is 86.2 Å². The fourth-order valence-electron chi connectivity index (χ4n) is 0. The molecular weight excluding hydrogens is 213 g/mol. The number of rotatable bonds is 0. The van der Waals surface area contributed by atoms with E-state index in [1.54, 1.807) is 0 Å². The van der Waals surface area contributed by atoms with Crippen LogP contribution in [0, 0.1) is 0 Å². The van der Waals surface area contributed by atoms with E-state index in [0.29, 0.717) is 0 Å². The van der Waals surface area contributed by atoms with Crippen molar-refractivity contribution in [1.29, 1.82) is 0 Å². The minimum absolute atomic E-state index is 0. The van der Waals surface area contributed by atoms with Gasteiger partial charge in [-0.3, -0.25) is 0 Å². The second kappa shape index (κ2) is 5.29. The van der Waals surface area contributed by atoms with E-state index in [4.69, 9.17) is 19.2 Å². The number of hydrogen-bond donors (Lipinski definition) is 0. The van der Waals surface area contributed by atoms with Crippen molar-refractivity contribution in [3.63, 3.8) is 0 Å². The molecule has 7 heavy (non-hydrogen) atoms. The average molecular weight is 213 g/mol. The Labute approximate surface area is 61.5 Å². The van der Waals surface area contributed by atoms with Gasteiger partial charge in [-0.2, -0.15) is 7.82 Å². The van der Waals surface area contributed by atoms with Crippen LogP contribution >= 0.6 is 7.82 Å². The first-order chi connectivity index (χ1) is 2.00. The standard InChI is InChI=1S/Cu.Mn.H3O4P/c;;1-5(2,3)4/h;;(H3,1,2,3,4)/q2*+2;/p-3. The van der Waals surface area contributed by atoms with Gasteiger partial charge >= 0.3 is 34.1 Å². The minimum Gasteiger partial charge on any atom is -0.822 e. The molecule has 0 aromatic heterocycles. The van der Waals surface area contributed by atoms with Crippen LogP contribution in [-0.4, -0.2) is 0 Å². The molecule has 0 aliphatic rings. The van der Waals surface area contributed by atoms with Gasteiger partial charge in [0.05, 0.1) is 0 Å². The Kier molecular flexibility index (Phi) is 11.9. The van der Waals surface area contributed by atoms with Crippen molar-refractivity contribution in [2.45, 2.75) is 0 Å². The largest absolute Gasteiger partial charge is 2.00 e. The molecule has 4 nitrogen and oxygen atoms in total.